The predicted molar refractivity (Wildman–Crippen MR) is 92.3 cm³/mol. The average molecular weight is 333 g/mol. The van der Waals surface area contributed by atoms with Crippen LogP contribution < -0.4 is 9.64 Å². The highest BCUT2D eigenvalue weighted by Crippen LogP contribution is 2.27. The van der Waals surface area contributed by atoms with Crippen molar-refractivity contribution in [2.45, 2.75) is 31.8 Å². The Balaban J connectivity index is 1.49. The van der Waals surface area contributed by atoms with Crippen LogP contribution >= 0.6 is 0 Å². The molecule has 0 spiro atoms. The number of anilines is 1. The summed E-state index contributed by atoms with van der Waals surface area (Å²) in [6.45, 7) is 3.11. The molecule has 1 aromatic rings. The molecule has 0 N–H and O–H groups in total. The summed E-state index contributed by atoms with van der Waals surface area (Å²) in [4.78, 5) is 20.6. The predicted octanol–water partition coefficient (Wildman–Crippen LogP) is 1.94. The van der Waals surface area contributed by atoms with E-state index in [9.17, 15) is 4.79 Å². The van der Waals surface area contributed by atoms with Crippen LogP contribution in [0.1, 0.15) is 25.7 Å². The van der Waals surface area contributed by atoms with Crippen LogP contribution in [0.2, 0.25) is 0 Å². The molecule has 3 rings (SSSR count). The number of nitrogens with zero attached hydrogens (tertiary/aromatic N) is 3. The third-order valence-electron chi connectivity index (χ3n) is 4.76. The summed E-state index contributed by atoms with van der Waals surface area (Å²) in [5.41, 5.74) is 0. The first-order valence-electron chi connectivity index (χ1n) is 8.78. The maximum absolute atomic E-state index is 12.4. The van der Waals surface area contributed by atoms with Crippen LogP contribution in [0.4, 0.5) is 5.82 Å². The molecule has 0 bridgehead atoms. The van der Waals surface area contributed by atoms with E-state index in [0.29, 0.717) is 18.9 Å². The molecular weight excluding hydrogens is 306 g/mol. The van der Waals surface area contributed by atoms with Gasteiger partial charge in [0.25, 0.3) is 0 Å². The summed E-state index contributed by atoms with van der Waals surface area (Å²) in [7, 11) is 3.90. The molecule has 1 amide bonds. The van der Waals surface area contributed by atoms with Crippen LogP contribution in [-0.4, -0.2) is 62.3 Å². The van der Waals surface area contributed by atoms with E-state index in [1.807, 2.05) is 36.0 Å². The van der Waals surface area contributed by atoms with E-state index in [4.69, 9.17) is 9.47 Å². The Labute approximate surface area is 143 Å². The zero-order chi connectivity index (χ0) is 16.9. The molecule has 0 radical (unpaired) electrons. The lowest BCUT2D eigenvalue weighted by Crippen LogP contribution is -2.31. The summed E-state index contributed by atoms with van der Waals surface area (Å²) in [5.74, 6) is 2.40. The molecule has 3 heterocycles. The fourth-order valence-corrected chi connectivity index (χ4v) is 3.34. The Kier molecular flexibility index (Phi) is 5.56. The molecule has 6 heteroatoms. The van der Waals surface area contributed by atoms with Gasteiger partial charge < -0.3 is 19.3 Å². The first-order valence-corrected chi connectivity index (χ1v) is 8.78. The van der Waals surface area contributed by atoms with Gasteiger partial charge in [0.05, 0.1) is 6.54 Å². The van der Waals surface area contributed by atoms with Crippen LogP contribution in [0.15, 0.2) is 18.3 Å². The van der Waals surface area contributed by atoms with Gasteiger partial charge in [-0.25, -0.2) is 4.98 Å². The highest BCUT2D eigenvalue weighted by molar-refractivity contribution is 5.76. The van der Waals surface area contributed by atoms with E-state index in [2.05, 4.69) is 4.98 Å². The van der Waals surface area contributed by atoms with Gasteiger partial charge >= 0.3 is 0 Å². The summed E-state index contributed by atoms with van der Waals surface area (Å²) in [6.07, 6.45) is 5.34. The first-order chi connectivity index (χ1) is 11.6. The number of ether oxygens (including phenoxy) is 2. The number of amides is 1. The van der Waals surface area contributed by atoms with Crippen LogP contribution in [0, 0.1) is 5.92 Å². The third-order valence-corrected chi connectivity index (χ3v) is 4.76. The molecule has 1 aromatic heterocycles. The summed E-state index contributed by atoms with van der Waals surface area (Å²) in [6, 6.07) is 3.82. The molecule has 0 saturated carbocycles. The van der Waals surface area contributed by atoms with Crippen molar-refractivity contribution in [3.05, 3.63) is 18.3 Å². The lowest BCUT2D eigenvalue weighted by atomic mass is 10.0. The lowest BCUT2D eigenvalue weighted by Gasteiger charge is -2.20. The number of hydrogen-bond donors (Lipinski definition) is 0. The Morgan fingerprint density at radius 3 is 3.08 bits per heavy atom. The maximum atomic E-state index is 12.4. The highest BCUT2D eigenvalue weighted by Gasteiger charge is 2.29. The van der Waals surface area contributed by atoms with Gasteiger partial charge in [0, 0.05) is 52.9 Å². The standard InChI is InChI=1S/C18H27N3O3/c1-20(2)18-16(4-3-9-19-18)24-15-7-10-21(12-15)17(22)6-5-14-8-11-23-13-14/h3-4,9,14-15H,5-8,10-13H2,1-2H3/t14-,15+/m0/s1. The quantitative estimate of drug-likeness (QED) is 0.796. The van der Waals surface area contributed by atoms with Gasteiger partial charge in [0.1, 0.15) is 6.10 Å². The molecular formula is C18H27N3O3. The van der Waals surface area contributed by atoms with Gasteiger partial charge in [-0.15, -0.1) is 0 Å². The average Bonchev–Trinajstić information content (AvgIpc) is 3.24. The second-order valence-corrected chi connectivity index (χ2v) is 6.86. The van der Waals surface area contributed by atoms with Gasteiger partial charge in [0.15, 0.2) is 11.6 Å². The molecule has 0 unspecified atom stereocenters. The maximum Gasteiger partial charge on any atom is 0.222 e. The molecule has 2 aliphatic rings. The topological polar surface area (TPSA) is 54.9 Å². The largest absolute Gasteiger partial charge is 0.485 e. The smallest absolute Gasteiger partial charge is 0.222 e. The van der Waals surface area contributed by atoms with Gasteiger partial charge in [-0.2, -0.15) is 0 Å². The van der Waals surface area contributed by atoms with Crippen molar-refractivity contribution < 1.29 is 14.3 Å². The van der Waals surface area contributed by atoms with E-state index in [-0.39, 0.29) is 12.0 Å². The molecule has 2 fully saturated rings. The summed E-state index contributed by atoms with van der Waals surface area (Å²) in [5, 5.41) is 0. The van der Waals surface area contributed by atoms with Gasteiger partial charge in [-0.05, 0) is 30.9 Å². The van der Waals surface area contributed by atoms with Crippen molar-refractivity contribution in [1.29, 1.82) is 0 Å². The molecule has 2 atom stereocenters. The number of hydrogen-bond acceptors (Lipinski definition) is 5. The van der Waals surface area contributed by atoms with Crippen molar-refractivity contribution >= 4 is 11.7 Å². The van der Waals surface area contributed by atoms with Gasteiger partial charge in [0.2, 0.25) is 5.91 Å². The number of rotatable bonds is 6. The monoisotopic (exact) mass is 333 g/mol. The second-order valence-electron chi connectivity index (χ2n) is 6.86. The Hall–Kier alpha value is -1.82. The number of carbonyl (C=O) groups excluding carboxylic acids is 1. The van der Waals surface area contributed by atoms with Crippen LogP contribution in [-0.2, 0) is 9.53 Å². The fraction of sp³-hybridized carbons (Fsp3) is 0.667. The van der Waals surface area contributed by atoms with E-state index < -0.39 is 0 Å². The van der Waals surface area contributed by atoms with Crippen LogP contribution in [0.5, 0.6) is 5.75 Å². The molecule has 2 saturated heterocycles. The normalized spacial score (nSPS) is 23.5. The molecule has 0 aliphatic carbocycles. The second kappa shape index (κ2) is 7.83. The highest BCUT2D eigenvalue weighted by atomic mass is 16.5. The fourth-order valence-electron chi connectivity index (χ4n) is 3.34. The molecule has 2 aliphatic heterocycles. The van der Waals surface area contributed by atoms with Gasteiger partial charge in [-0.1, -0.05) is 0 Å². The van der Waals surface area contributed by atoms with E-state index in [1.54, 1.807) is 6.20 Å². The lowest BCUT2D eigenvalue weighted by molar-refractivity contribution is -0.130. The first kappa shape index (κ1) is 17.0. The molecule has 24 heavy (non-hydrogen) atoms. The van der Waals surface area contributed by atoms with Crippen molar-refractivity contribution in [1.82, 2.24) is 9.88 Å². The van der Waals surface area contributed by atoms with Crippen molar-refractivity contribution in [3.63, 3.8) is 0 Å². The van der Waals surface area contributed by atoms with E-state index in [1.165, 1.54) is 0 Å². The number of likely N-dealkylation sites (tertiary alicyclic amines) is 1. The zero-order valence-corrected chi connectivity index (χ0v) is 14.6. The van der Waals surface area contributed by atoms with Gasteiger partial charge in [-0.3, -0.25) is 4.79 Å². The Morgan fingerprint density at radius 1 is 1.46 bits per heavy atom. The molecule has 132 valence electrons. The summed E-state index contributed by atoms with van der Waals surface area (Å²) < 4.78 is 11.5. The zero-order valence-electron chi connectivity index (χ0n) is 14.6. The number of aromatic nitrogens is 1. The molecule has 6 nitrogen and oxygen atoms in total. The minimum atomic E-state index is 0.0478. The third kappa shape index (κ3) is 4.17. The van der Waals surface area contributed by atoms with Crippen molar-refractivity contribution in [3.8, 4) is 5.75 Å². The Morgan fingerprint density at radius 2 is 2.33 bits per heavy atom. The number of pyridine rings is 1. The van der Waals surface area contributed by atoms with Crippen molar-refractivity contribution in [2.75, 3.05) is 45.3 Å². The minimum absolute atomic E-state index is 0.0478. The number of carbonyl (C=O) groups is 1. The van der Waals surface area contributed by atoms with E-state index in [0.717, 1.165) is 50.6 Å². The Bertz CT molecular complexity index is 558. The van der Waals surface area contributed by atoms with Crippen LogP contribution in [0.25, 0.3) is 0 Å². The van der Waals surface area contributed by atoms with Crippen molar-refractivity contribution in [2.24, 2.45) is 5.92 Å². The van der Waals surface area contributed by atoms with E-state index >= 15 is 0 Å². The minimum Gasteiger partial charge on any atom is -0.485 e. The summed E-state index contributed by atoms with van der Waals surface area (Å²) >= 11 is 0. The SMILES string of the molecule is CN(C)c1ncccc1O[C@@H]1CCN(C(=O)CC[C@H]2CCOC2)C1. The molecule has 0 aromatic carbocycles. The van der Waals surface area contributed by atoms with Crippen LogP contribution in [0.3, 0.4) is 0 Å².